The minimum Gasteiger partial charge on any atom is -0.312 e. The zero-order chi connectivity index (χ0) is 10.1. The minimum atomic E-state index is -0.623. The lowest BCUT2D eigenvalue weighted by Gasteiger charge is -2.44. The quantitative estimate of drug-likeness (QED) is 0.376. The van der Waals surface area contributed by atoms with Gasteiger partial charge in [0.25, 0.3) is 0 Å². The summed E-state index contributed by atoms with van der Waals surface area (Å²) in [5.74, 6) is -0.577. The molecule has 2 aliphatic heterocycles. The van der Waals surface area contributed by atoms with E-state index < -0.39 is 12.0 Å². The van der Waals surface area contributed by atoms with Crippen LogP contribution in [0.2, 0.25) is 0 Å². The molecular weight excluding hydrogens is 206 g/mol. The number of carbonyl (C=O) groups is 2. The number of hydrogen-bond acceptors (Lipinski definition) is 5. The summed E-state index contributed by atoms with van der Waals surface area (Å²) in [6, 6.07) is -0.623. The standard InChI is InChI=1S/C8H9NO4S/c1-12-13-8(11)5-2-3-14-7-4-6(10)9(5)7/h2-3,5,7H,4H2,1H3. The molecule has 0 aromatic heterocycles. The van der Waals surface area contributed by atoms with Gasteiger partial charge in [0.15, 0.2) is 6.04 Å². The van der Waals surface area contributed by atoms with Crippen molar-refractivity contribution < 1.29 is 19.4 Å². The Labute approximate surface area is 85.0 Å². The Morgan fingerprint density at radius 2 is 2.50 bits per heavy atom. The molecule has 5 nitrogen and oxygen atoms in total. The molecule has 0 aromatic carbocycles. The predicted molar refractivity (Wildman–Crippen MR) is 48.9 cm³/mol. The molecule has 2 atom stereocenters. The van der Waals surface area contributed by atoms with Crippen molar-refractivity contribution in [2.75, 3.05) is 7.11 Å². The average Bonchev–Trinajstić information content (AvgIpc) is 2.16. The van der Waals surface area contributed by atoms with Gasteiger partial charge in [0.05, 0.1) is 18.9 Å². The van der Waals surface area contributed by atoms with Crippen LogP contribution < -0.4 is 0 Å². The van der Waals surface area contributed by atoms with Crippen LogP contribution in [0.5, 0.6) is 0 Å². The van der Waals surface area contributed by atoms with Crippen molar-refractivity contribution in [3.63, 3.8) is 0 Å². The summed E-state index contributed by atoms with van der Waals surface area (Å²) in [5.41, 5.74) is 0. The predicted octanol–water partition coefficient (Wildman–Crippen LogP) is 0.278. The van der Waals surface area contributed by atoms with E-state index in [1.807, 2.05) is 5.41 Å². The highest BCUT2D eigenvalue weighted by atomic mass is 32.2. The third-order valence-electron chi connectivity index (χ3n) is 2.15. The smallest absolute Gasteiger partial charge is 0.312 e. The highest BCUT2D eigenvalue weighted by molar-refractivity contribution is 8.02. The van der Waals surface area contributed by atoms with Crippen molar-refractivity contribution >= 4 is 23.6 Å². The van der Waals surface area contributed by atoms with Gasteiger partial charge in [0, 0.05) is 0 Å². The van der Waals surface area contributed by atoms with Crippen LogP contribution in [0.3, 0.4) is 0 Å². The fourth-order valence-electron chi connectivity index (χ4n) is 1.48. The van der Waals surface area contributed by atoms with Crippen LogP contribution >= 0.6 is 11.8 Å². The zero-order valence-electron chi connectivity index (χ0n) is 7.50. The molecular formula is C8H9NO4S. The topological polar surface area (TPSA) is 55.8 Å². The van der Waals surface area contributed by atoms with Crippen LogP contribution in [-0.2, 0) is 19.4 Å². The molecule has 14 heavy (non-hydrogen) atoms. The summed E-state index contributed by atoms with van der Waals surface area (Å²) in [6.45, 7) is 0. The first-order valence-corrected chi connectivity index (χ1v) is 5.06. The van der Waals surface area contributed by atoms with Crippen LogP contribution in [0, 0.1) is 0 Å². The Morgan fingerprint density at radius 1 is 1.71 bits per heavy atom. The molecule has 0 bridgehead atoms. The summed E-state index contributed by atoms with van der Waals surface area (Å²) >= 11 is 1.53. The molecule has 0 N–H and O–H groups in total. The fourth-order valence-corrected chi connectivity index (χ4v) is 2.52. The van der Waals surface area contributed by atoms with Gasteiger partial charge in [0.1, 0.15) is 0 Å². The molecule has 6 heteroatoms. The van der Waals surface area contributed by atoms with Gasteiger partial charge in [-0.3, -0.25) is 9.68 Å². The molecule has 0 aromatic rings. The maximum absolute atomic E-state index is 11.3. The minimum absolute atomic E-state index is 0.0232. The first kappa shape index (κ1) is 9.54. The molecule has 2 rings (SSSR count). The van der Waals surface area contributed by atoms with Crippen LogP contribution in [0.1, 0.15) is 6.42 Å². The maximum atomic E-state index is 11.3. The fraction of sp³-hybridized carbons (Fsp3) is 0.500. The van der Waals surface area contributed by atoms with E-state index >= 15 is 0 Å². The average molecular weight is 215 g/mol. The van der Waals surface area contributed by atoms with Crippen molar-refractivity contribution in [3.8, 4) is 0 Å². The number of carbonyl (C=O) groups excluding carboxylic acids is 2. The lowest BCUT2D eigenvalue weighted by molar-refractivity contribution is -0.258. The molecule has 0 radical (unpaired) electrons. The second-order valence-corrected chi connectivity index (χ2v) is 4.03. The summed E-state index contributed by atoms with van der Waals surface area (Å²) in [5, 5.41) is 1.90. The van der Waals surface area contributed by atoms with Gasteiger partial charge in [-0.15, -0.1) is 11.8 Å². The molecule has 1 saturated heterocycles. The first-order valence-electron chi connectivity index (χ1n) is 4.12. The van der Waals surface area contributed by atoms with Gasteiger partial charge in [-0.2, -0.15) is 4.89 Å². The van der Waals surface area contributed by atoms with Crippen molar-refractivity contribution in [2.24, 2.45) is 0 Å². The molecule has 0 saturated carbocycles. The highest BCUT2D eigenvalue weighted by Gasteiger charge is 2.45. The van der Waals surface area contributed by atoms with E-state index in [0.29, 0.717) is 6.42 Å². The molecule has 1 amide bonds. The lowest BCUT2D eigenvalue weighted by Crippen LogP contribution is -2.59. The Balaban J connectivity index is 2.09. The Bertz CT molecular complexity index is 304. The molecule has 2 heterocycles. The van der Waals surface area contributed by atoms with Crippen LogP contribution in [0.25, 0.3) is 0 Å². The van der Waals surface area contributed by atoms with Crippen LogP contribution in [0.4, 0.5) is 0 Å². The van der Waals surface area contributed by atoms with Crippen molar-refractivity contribution in [1.82, 2.24) is 4.90 Å². The maximum Gasteiger partial charge on any atom is 0.368 e. The number of β-lactam (4-membered cyclic amide) rings is 1. The zero-order valence-corrected chi connectivity index (χ0v) is 8.32. The second kappa shape index (κ2) is 3.62. The van der Waals surface area contributed by atoms with Crippen molar-refractivity contribution in [3.05, 3.63) is 11.5 Å². The van der Waals surface area contributed by atoms with Gasteiger partial charge < -0.3 is 4.90 Å². The molecule has 76 valence electrons. The van der Waals surface area contributed by atoms with E-state index in [2.05, 4.69) is 9.78 Å². The van der Waals surface area contributed by atoms with Crippen LogP contribution in [0.15, 0.2) is 11.5 Å². The molecule has 2 unspecified atom stereocenters. The summed E-state index contributed by atoms with van der Waals surface area (Å²) in [7, 11) is 1.26. The summed E-state index contributed by atoms with van der Waals surface area (Å²) in [4.78, 5) is 32.7. The lowest BCUT2D eigenvalue weighted by atomic mass is 10.1. The SMILES string of the molecule is COOC(=O)C1C=CSC2CC(=O)N21. The number of hydrogen-bond donors (Lipinski definition) is 0. The van der Waals surface area contributed by atoms with Gasteiger partial charge in [0.2, 0.25) is 5.91 Å². The number of thioether (sulfide) groups is 1. The van der Waals surface area contributed by atoms with Gasteiger partial charge in [-0.25, -0.2) is 4.79 Å². The van der Waals surface area contributed by atoms with E-state index in [1.54, 1.807) is 6.08 Å². The Hall–Kier alpha value is -1.01. The van der Waals surface area contributed by atoms with Crippen molar-refractivity contribution in [1.29, 1.82) is 0 Å². The Kier molecular flexibility index (Phi) is 2.47. The molecule has 0 aliphatic carbocycles. The van der Waals surface area contributed by atoms with Crippen LogP contribution in [-0.4, -0.2) is 35.3 Å². The number of amides is 1. The third kappa shape index (κ3) is 1.40. The largest absolute Gasteiger partial charge is 0.368 e. The molecule has 0 spiro atoms. The molecule has 1 fully saturated rings. The first-order chi connectivity index (χ1) is 6.74. The number of rotatable bonds is 2. The van der Waals surface area contributed by atoms with E-state index in [0.717, 1.165) is 0 Å². The van der Waals surface area contributed by atoms with Gasteiger partial charge in [-0.05, 0) is 11.5 Å². The normalized spacial score (nSPS) is 29.5. The van der Waals surface area contributed by atoms with Gasteiger partial charge >= 0.3 is 5.97 Å². The van der Waals surface area contributed by atoms with E-state index in [4.69, 9.17) is 0 Å². The summed E-state index contributed by atoms with van der Waals surface area (Å²) in [6.07, 6.45) is 2.13. The highest BCUT2D eigenvalue weighted by Crippen LogP contribution is 2.36. The Morgan fingerprint density at radius 3 is 3.14 bits per heavy atom. The van der Waals surface area contributed by atoms with Gasteiger partial charge in [-0.1, -0.05) is 0 Å². The number of fused-ring (bicyclic) bond motifs is 1. The van der Waals surface area contributed by atoms with E-state index in [-0.39, 0.29) is 11.3 Å². The monoisotopic (exact) mass is 215 g/mol. The number of nitrogens with zero attached hydrogens (tertiary/aromatic N) is 1. The molecule has 2 aliphatic rings. The van der Waals surface area contributed by atoms with E-state index in [1.165, 1.54) is 23.8 Å². The summed E-state index contributed by atoms with van der Waals surface area (Å²) < 4.78 is 0. The third-order valence-corrected chi connectivity index (χ3v) is 3.17. The second-order valence-electron chi connectivity index (χ2n) is 2.94. The van der Waals surface area contributed by atoms with Crippen molar-refractivity contribution in [2.45, 2.75) is 17.8 Å². The van der Waals surface area contributed by atoms with E-state index in [9.17, 15) is 9.59 Å².